The Morgan fingerprint density at radius 2 is 2.20 bits per heavy atom. The molecule has 1 saturated heterocycles. The molecular weight excluding hydrogens is 270 g/mol. The first-order chi connectivity index (χ1) is 9.58. The molecule has 0 aliphatic carbocycles. The molecule has 1 aromatic rings. The minimum absolute atomic E-state index is 0.209. The molecule has 3 heteroatoms. The highest BCUT2D eigenvalue weighted by Gasteiger charge is 2.28. The lowest BCUT2D eigenvalue weighted by Gasteiger charge is -2.33. The zero-order valence-electron chi connectivity index (χ0n) is 12.8. The first kappa shape index (κ1) is 15.8. The summed E-state index contributed by atoms with van der Waals surface area (Å²) < 4.78 is 6.07. The van der Waals surface area contributed by atoms with Crippen molar-refractivity contribution in [3.8, 4) is 0 Å². The summed E-state index contributed by atoms with van der Waals surface area (Å²) in [4.78, 5) is 0. The van der Waals surface area contributed by atoms with Crippen molar-refractivity contribution in [2.45, 2.75) is 39.7 Å². The molecule has 0 aromatic heterocycles. The molecule has 0 saturated carbocycles. The highest BCUT2D eigenvalue weighted by Crippen LogP contribution is 2.35. The van der Waals surface area contributed by atoms with Gasteiger partial charge in [-0.05, 0) is 55.5 Å². The van der Waals surface area contributed by atoms with Gasteiger partial charge in [-0.15, -0.1) is 0 Å². The third-order valence-electron chi connectivity index (χ3n) is 3.94. The fraction of sp³-hybridized carbons (Fsp3) is 0.647. The van der Waals surface area contributed by atoms with Crippen molar-refractivity contribution in [3.05, 3.63) is 34.3 Å². The van der Waals surface area contributed by atoms with Crippen molar-refractivity contribution < 1.29 is 4.74 Å². The van der Waals surface area contributed by atoms with Gasteiger partial charge in [-0.2, -0.15) is 0 Å². The maximum absolute atomic E-state index is 6.07. The van der Waals surface area contributed by atoms with Gasteiger partial charge in [0.25, 0.3) is 0 Å². The molecule has 2 unspecified atom stereocenters. The van der Waals surface area contributed by atoms with E-state index in [0.29, 0.717) is 11.8 Å². The third-order valence-corrected chi connectivity index (χ3v) is 4.18. The van der Waals surface area contributed by atoms with Gasteiger partial charge < -0.3 is 10.1 Å². The molecular formula is C17H26ClNO. The standard InChI is InChI=1S/C17H26ClNO/c1-12(2)10-19-11-14-5-4-8-20-17(14)16-7-6-15(18)9-13(16)3/h6-7,9,12,14,17,19H,4-5,8,10-11H2,1-3H3. The second-order valence-electron chi connectivity index (χ2n) is 6.25. The van der Waals surface area contributed by atoms with E-state index in [4.69, 9.17) is 16.3 Å². The topological polar surface area (TPSA) is 21.3 Å². The summed E-state index contributed by atoms with van der Waals surface area (Å²) >= 11 is 6.06. The van der Waals surface area contributed by atoms with Crippen LogP contribution in [0.25, 0.3) is 0 Å². The normalized spacial score (nSPS) is 23.2. The van der Waals surface area contributed by atoms with E-state index < -0.39 is 0 Å². The van der Waals surface area contributed by atoms with Crippen LogP contribution in [0.5, 0.6) is 0 Å². The van der Waals surface area contributed by atoms with Crippen LogP contribution in [0.15, 0.2) is 18.2 Å². The fourth-order valence-corrected chi connectivity index (χ4v) is 3.14. The number of halogens is 1. The highest BCUT2D eigenvalue weighted by molar-refractivity contribution is 6.30. The largest absolute Gasteiger partial charge is 0.373 e. The van der Waals surface area contributed by atoms with Crippen molar-refractivity contribution in [3.63, 3.8) is 0 Å². The summed E-state index contributed by atoms with van der Waals surface area (Å²) in [6.07, 6.45) is 2.61. The Morgan fingerprint density at radius 1 is 1.40 bits per heavy atom. The summed E-state index contributed by atoms with van der Waals surface area (Å²) in [6.45, 7) is 9.58. The zero-order chi connectivity index (χ0) is 14.5. The van der Waals surface area contributed by atoms with Crippen molar-refractivity contribution in [1.82, 2.24) is 5.32 Å². The molecule has 0 radical (unpaired) electrons. The van der Waals surface area contributed by atoms with E-state index in [1.165, 1.54) is 17.5 Å². The van der Waals surface area contributed by atoms with Crippen LogP contribution < -0.4 is 5.32 Å². The van der Waals surface area contributed by atoms with Crippen LogP contribution in [-0.4, -0.2) is 19.7 Å². The second kappa shape index (κ2) is 7.44. The van der Waals surface area contributed by atoms with Gasteiger partial charge in [0.1, 0.15) is 0 Å². The molecule has 20 heavy (non-hydrogen) atoms. The lowest BCUT2D eigenvalue weighted by Crippen LogP contribution is -2.33. The number of hydrogen-bond acceptors (Lipinski definition) is 2. The van der Waals surface area contributed by atoms with Crippen LogP contribution in [0.1, 0.15) is 43.9 Å². The number of nitrogens with one attached hydrogen (secondary N) is 1. The monoisotopic (exact) mass is 295 g/mol. The number of hydrogen-bond donors (Lipinski definition) is 1. The van der Waals surface area contributed by atoms with Gasteiger partial charge in [0, 0.05) is 24.1 Å². The minimum atomic E-state index is 0.209. The average Bonchev–Trinajstić information content (AvgIpc) is 2.39. The van der Waals surface area contributed by atoms with Crippen LogP contribution in [-0.2, 0) is 4.74 Å². The van der Waals surface area contributed by atoms with E-state index in [0.717, 1.165) is 31.1 Å². The minimum Gasteiger partial charge on any atom is -0.373 e. The molecule has 1 fully saturated rings. The molecule has 2 nitrogen and oxygen atoms in total. The van der Waals surface area contributed by atoms with Gasteiger partial charge in [-0.1, -0.05) is 31.5 Å². The van der Waals surface area contributed by atoms with Crippen molar-refractivity contribution in [1.29, 1.82) is 0 Å². The fourth-order valence-electron chi connectivity index (χ4n) is 2.91. The van der Waals surface area contributed by atoms with Crippen LogP contribution >= 0.6 is 11.6 Å². The molecule has 2 atom stereocenters. The maximum atomic E-state index is 6.07. The zero-order valence-corrected chi connectivity index (χ0v) is 13.5. The van der Waals surface area contributed by atoms with E-state index in [9.17, 15) is 0 Å². The van der Waals surface area contributed by atoms with Gasteiger partial charge in [-0.3, -0.25) is 0 Å². The van der Waals surface area contributed by atoms with Crippen molar-refractivity contribution in [2.24, 2.45) is 11.8 Å². The molecule has 1 N–H and O–H groups in total. The average molecular weight is 296 g/mol. The van der Waals surface area contributed by atoms with E-state index in [1.54, 1.807) is 0 Å². The number of benzene rings is 1. The van der Waals surface area contributed by atoms with Crippen molar-refractivity contribution >= 4 is 11.6 Å². The summed E-state index contributed by atoms with van der Waals surface area (Å²) in [5, 5.41) is 4.38. The Labute approximate surface area is 127 Å². The summed E-state index contributed by atoms with van der Waals surface area (Å²) in [7, 11) is 0. The first-order valence-corrected chi connectivity index (χ1v) is 8.04. The van der Waals surface area contributed by atoms with E-state index >= 15 is 0 Å². The molecule has 1 aliphatic heterocycles. The summed E-state index contributed by atoms with van der Waals surface area (Å²) in [5.41, 5.74) is 2.53. The summed E-state index contributed by atoms with van der Waals surface area (Å²) in [5.74, 6) is 1.25. The highest BCUT2D eigenvalue weighted by atomic mass is 35.5. The Balaban J connectivity index is 2.06. The predicted molar refractivity (Wildman–Crippen MR) is 85.3 cm³/mol. The predicted octanol–water partition coefficient (Wildman–Crippen LogP) is 4.36. The molecule has 0 spiro atoms. The first-order valence-electron chi connectivity index (χ1n) is 7.66. The maximum Gasteiger partial charge on any atom is 0.0867 e. The Morgan fingerprint density at radius 3 is 2.90 bits per heavy atom. The van der Waals surface area contributed by atoms with Gasteiger partial charge >= 0.3 is 0 Å². The molecule has 1 aliphatic rings. The van der Waals surface area contributed by atoms with Crippen molar-refractivity contribution in [2.75, 3.05) is 19.7 Å². The number of aryl methyl sites for hydroxylation is 1. The molecule has 1 heterocycles. The Bertz CT molecular complexity index is 433. The van der Waals surface area contributed by atoms with Gasteiger partial charge in [0.05, 0.1) is 6.10 Å². The van der Waals surface area contributed by atoms with Crippen LogP contribution in [0.4, 0.5) is 0 Å². The SMILES string of the molecule is Cc1cc(Cl)ccc1C1OCCCC1CNCC(C)C. The van der Waals surface area contributed by atoms with Crippen LogP contribution in [0.2, 0.25) is 5.02 Å². The molecule has 0 amide bonds. The molecule has 1 aromatic carbocycles. The number of rotatable bonds is 5. The van der Waals surface area contributed by atoms with Crippen LogP contribution in [0, 0.1) is 18.8 Å². The lowest BCUT2D eigenvalue weighted by molar-refractivity contribution is -0.0282. The molecule has 2 rings (SSSR count). The molecule has 112 valence electrons. The van der Waals surface area contributed by atoms with Gasteiger partial charge in [-0.25, -0.2) is 0 Å². The van der Waals surface area contributed by atoms with Gasteiger partial charge in [0.2, 0.25) is 0 Å². The quantitative estimate of drug-likeness (QED) is 0.871. The van der Waals surface area contributed by atoms with E-state index in [-0.39, 0.29) is 6.10 Å². The van der Waals surface area contributed by atoms with E-state index in [1.807, 2.05) is 12.1 Å². The third kappa shape index (κ3) is 4.21. The number of ether oxygens (including phenoxy) is 1. The smallest absolute Gasteiger partial charge is 0.0867 e. The molecule has 0 bridgehead atoms. The summed E-state index contributed by atoms with van der Waals surface area (Å²) in [6, 6.07) is 6.14. The Hall–Kier alpha value is -0.570. The van der Waals surface area contributed by atoms with E-state index in [2.05, 4.69) is 32.2 Å². The second-order valence-corrected chi connectivity index (χ2v) is 6.68. The lowest BCUT2D eigenvalue weighted by atomic mass is 9.87. The van der Waals surface area contributed by atoms with Crippen LogP contribution in [0.3, 0.4) is 0 Å². The van der Waals surface area contributed by atoms with Gasteiger partial charge in [0.15, 0.2) is 0 Å². The Kier molecular flexibility index (Phi) is 5.88.